The number of ether oxygens (including phenoxy) is 1. The number of hydrogen-bond donors (Lipinski definition) is 0. The molecule has 0 spiro atoms. The molecular weight excluding hydrogens is 366 g/mol. The molecule has 0 heterocycles. The van der Waals surface area contributed by atoms with E-state index in [0.717, 1.165) is 20.8 Å². The molecule has 0 atom stereocenters. The number of amides is 1. The molecule has 0 aliphatic rings. The molecule has 1 amide bonds. The summed E-state index contributed by atoms with van der Waals surface area (Å²) in [6, 6.07) is 12.3. The number of carbonyl (C=O) groups excluding carboxylic acids is 1. The molecule has 0 bridgehead atoms. The fourth-order valence-electron chi connectivity index (χ4n) is 2.64. The molecule has 4 heteroatoms. The molecule has 0 aromatic heterocycles. The highest BCUT2D eigenvalue weighted by Crippen LogP contribution is 2.28. The predicted molar refractivity (Wildman–Crippen MR) is 103 cm³/mol. The van der Waals surface area contributed by atoms with E-state index in [1.54, 1.807) is 4.90 Å². The Balaban J connectivity index is 2.33. The Kier molecular flexibility index (Phi) is 5.92. The lowest BCUT2D eigenvalue weighted by Gasteiger charge is -2.29. The van der Waals surface area contributed by atoms with E-state index in [4.69, 9.17) is 4.74 Å². The van der Waals surface area contributed by atoms with Crippen LogP contribution in [0.1, 0.15) is 40.2 Å². The van der Waals surface area contributed by atoms with Crippen LogP contribution in [0, 0.1) is 5.92 Å². The highest BCUT2D eigenvalue weighted by atomic mass is 79.9. The summed E-state index contributed by atoms with van der Waals surface area (Å²) in [5, 5.41) is 2.31. The summed E-state index contributed by atoms with van der Waals surface area (Å²) < 4.78 is 6.65. The third-order valence-electron chi connectivity index (χ3n) is 3.56. The lowest BCUT2D eigenvalue weighted by molar-refractivity contribution is 0.0212. The highest BCUT2D eigenvalue weighted by Gasteiger charge is 2.23. The molecule has 24 heavy (non-hydrogen) atoms. The second-order valence-corrected chi connectivity index (χ2v) is 8.36. The van der Waals surface area contributed by atoms with Gasteiger partial charge in [0, 0.05) is 17.6 Å². The Morgan fingerprint density at radius 3 is 2.33 bits per heavy atom. The van der Waals surface area contributed by atoms with Gasteiger partial charge in [-0.2, -0.15) is 0 Å². The van der Waals surface area contributed by atoms with Gasteiger partial charge in [-0.05, 0) is 49.1 Å². The van der Waals surface area contributed by atoms with Crippen molar-refractivity contribution in [2.24, 2.45) is 5.92 Å². The lowest BCUT2D eigenvalue weighted by Crippen LogP contribution is -2.38. The predicted octanol–water partition coefficient (Wildman–Crippen LogP) is 6.00. The van der Waals surface area contributed by atoms with Gasteiger partial charge in [-0.3, -0.25) is 0 Å². The van der Waals surface area contributed by atoms with Crippen molar-refractivity contribution in [3.05, 3.63) is 46.4 Å². The summed E-state index contributed by atoms with van der Waals surface area (Å²) in [5.41, 5.74) is 0.633. The van der Waals surface area contributed by atoms with Gasteiger partial charge >= 0.3 is 6.09 Å². The van der Waals surface area contributed by atoms with E-state index in [1.807, 2.05) is 39.0 Å². The molecule has 0 unspecified atom stereocenters. The molecule has 0 saturated heterocycles. The Morgan fingerprint density at radius 2 is 1.75 bits per heavy atom. The van der Waals surface area contributed by atoms with Crippen molar-refractivity contribution in [2.45, 2.75) is 46.8 Å². The van der Waals surface area contributed by atoms with E-state index >= 15 is 0 Å². The number of halogens is 1. The molecule has 2 aromatic carbocycles. The fraction of sp³-hybridized carbons (Fsp3) is 0.450. The van der Waals surface area contributed by atoms with E-state index in [-0.39, 0.29) is 6.09 Å². The third kappa shape index (κ3) is 4.97. The van der Waals surface area contributed by atoms with Gasteiger partial charge in [-0.15, -0.1) is 0 Å². The largest absolute Gasteiger partial charge is 0.444 e. The zero-order valence-electron chi connectivity index (χ0n) is 15.1. The van der Waals surface area contributed by atoms with Crippen molar-refractivity contribution in [3.8, 4) is 0 Å². The quantitative estimate of drug-likeness (QED) is 0.639. The van der Waals surface area contributed by atoms with Crippen molar-refractivity contribution < 1.29 is 9.53 Å². The van der Waals surface area contributed by atoms with Gasteiger partial charge in [0.25, 0.3) is 0 Å². The molecule has 0 aliphatic heterocycles. The molecule has 2 aromatic rings. The van der Waals surface area contributed by atoms with Crippen LogP contribution in [0.2, 0.25) is 0 Å². The van der Waals surface area contributed by atoms with Gasteiger partial charge in [0.2, 0.25) is 0 Å². The van der Waals surface area contributed by atoms with Crippen LogP contribution in [0.15, 0.2) is 40.9 Å². The van der Waals surface area contributed by atoms with Crippen LogP contribution in [-0.2, 0) is 11.3 Å². The van der Waals surface area contributed by atoms with E-state index in [9.17, 15) is 4.79 Å². The van der Waals surface area contributed by atoms with E-state index in [2.05, 4.69) is 48.0 Å². The number of fused-ring (bicyclic) bond motifs is 1. The Hall–Kier alpha value is -1.55. The smallest absolute Gasteiger partial charge is 0.410 e. The molecule has 2 rings (SSSR count). The SMILES string of the molecule is CC(C)CN(Cc1ccc(Br)c2ccccc12)C(=O)OC(C)(C)C. The van der Waals surface area contributed by atoms with E-state index in [1.165, 1.54) is 0 Å². The van der Waals surface area contributed by atoms with Gasteiger partial charge in [-0.1, -0.05) is 60.1 Å². The van der Waals surface area contributed by atoms with Crippen LogP contribution in [0.3, 0.4) is 0 Å². The van der Waals surface area contributed by atoms with Crippen molar-refractivity contribution in [1.29, 1.82) is 0 Å². The zero-order chi connectivity index (χ0) is 17.9. The Labute approximate surface area is 153 Å². The van der Waals surface area contributed by atoms with Crippen LogP contribution in [-0.4, -0.2) is 23.1 Å². The Bertz CT molecular complexity index is 719. The number of hydrogen-bond acceptors (Lipinski definition) is 2. The van der Waals surface area contributed by atoms with Crippen LogP contribution in [0.5, 0.6) is 0 Å². The van der Waals surface area contributed by atoms with Gasteiger partial charge in [0.15, 0.2) is 0 Å². The van der Waals surface area contributed by atoms with Gasteiger partial charge in [0.1, 0.15) is 5.60 Å². The minimum atomic E-state index is -0.492. The molecular formula is C20H26BrNO2. The van der Waals surface area contributed by atoms with Crippen molar-refractivity contribution in [2.75, 3.05) is 6.54 Å². The number of benzene rings is 2. The molecule has 0 N–H and O–H groups in total. The fourth-order valence-corrected chi connectivity index (χ4v) is 3.12. The monoisotopic (exact) mass is 391 g/mol. The second-order valence-electron chi connectivity index (χ2n) is 7.51. The third-order valence-corrected chi connectivity index (χ3v) is 4.25. The van der Waals surface area contributed by atoms with Gasteiger partial charge in [0.05, 0.1) is 0 Å². The van der Waals surface area contributed by atoms with Crippen LogP contribution in [0.4, 0.5) is 4.79 Å². The van der Waals surface area contributed by atoms with Crippen molar-refractivity contribution >= 4 is 32.8 Å². The van der Waals surface area contributed by atoms with Gasteiger partial charge < -0.3 is 9.64 Å². The maximum Gasteiger partial charge on any atom is 0.410 e. The number of nitrogens with zero attached hydrogens (tertiary/aromatic N) is 1. The van der Waals surface area contributed by atoms with Gasteiger partial charge in [-0.25, -0.2) is 4.79 Å². The first kappa shape index (κ1) is 18.8. The first-order valence-corrected chi connectivity index (χ1v) is 9.10. The minimum absolute atomic E-state index is 0.261. The molecule has 0 aliphatic carbocycles. The average Bonchev–Trinajstić information content (AvgIpc) is 2.47. The zero-order valence-corrected chi connectivity index (χ0v) is 16.7. The minimum Gasteiger partial charge on any atom is -0.444 e. The molecule has 0 saturated carbocycles. The first-order valence-electron chi connectivity index (χ1n) is 8.31. The summed E-state index contributed by atoms with van der Waals surface area (Å²) in [7, 11) is 0. The average molecular weight is 392 g/mol. The molecule has 0 fully saturated rings. The Morgan fingerprint density at radius 1 is 1.12 bits per heavy atom. The highest BCUT2D eigenvalue weighted by molar-refractivity contribution is 9.10. The number of carbonyl (C=O) groups is 1. The first-order chi connectivity index (χ1) is 11.2. The van der Waals surface area contributed by atoms with Crippen LogP contribution >= 0.6 is 15.9 Å². The summed E-state index contributed by atoms with van der Waals surface area (Å²) in [6.45, 7) is 11.1. The molecule has 0 radical (unpaired) electrons. The topological polar surface area (TPSA) is 29.5 Å². The maximum atomic E-state index is 12.6. The van der Waals surface area contributed by atoms with Crippen LogP contribution in [0.25, 0.3) is 10.8 Å². The van der Waals surface area contributed by atoms with Crippen molar-refractivity contribution in [3.63, 3.8) is 0 Å². The standard InChI is InChI=1S/C20H26BrNO2/c1-14(2)12-22(19(23)24-20(3,4)5)13-15-10-11-18(21)17-9-7-6-8-16(15)17/h6-11,14H,12-13H2,1-5H3. The summed E-state index contributed by atoms with van der Waals surface area (Å²) in [4.78, 5) is 14.4. The number of rotatable bonds is 4. The second kappa shape index (κ2) is 7.56. The maximum absolute atomic E-state index is 12.6. The molecule has 130 valence electrons. The molecule has 3 nitrogen and oxygen atoms in total. The van der Waals surface area contributed by atoms with E-state index in [0.29, 0.717) is 19.0 Å². The summed E-state index contributed by atoms with van der Waals surface area (Å²) >= 11 is 3.60. The van der Waals surface area contributed by atoms with E-state index < -0.39 is 5.60 Å². The summed E-state index contributed by atoms with van der Waals surface area (Å²) in [5.74, 6) is 0.374. The normalized spacial score (nSPS) is 11.8. The van der Waals surface area contributed by atoms with Crippen molar-refractivity contribution in [1.82, 2.24) is 4.90 Å². The van der Waals surface area contributed by atoms with Crippen LogP contribution < -0.4 is 0 Å². The summed E-state index contributed by atoms with van der Waals surface area (Å²) in [6.07, 6.45) is -0.261. The lowest BCUT2D eigenvalue weighted by atomic mass is 10.0.